The SMILES string of the molecule is C=C(CO)C(O)CCCOc1ccc(C2=CCC(CCCCC)CC2)cc1. The molecule has 0 bridgehead atoms. The topological polar surface area (TPSA) is 49.7 Å². The van der Waals surface area contributed by atoms with Crippen LogP contribution in [0.2, 0.25) is 0 Å². The van der Waals surface area contributed by atoms with Crippen molar-refractivity contribution in [2.24, 2.45) is 5.92 Å². The number of hydrogen-bond donors (Lipinski definition) is 2. The van der Waals surface area contributed by atoms with Crippen molar-refractivity contribution in [2.75, 3.05) is 13.2 Å². The van der Waals surface area contributed by atoms with Gasteiger partial charge in [0, 0.05) is 0 Å². The highest BCUT2D eigenvalue weighted by molar-refractivity contribution is 5.66. The van der Waals surface area contributed by atoms with Crippen LogP contribution in [-0.4, -0.2) is 29.5 Å². The minimum absolute atomic E-state index is 0.168. The van der Waals surface area contributed by atoms with Gasteiger partial charge in [-0.15, -0.1) is 0 Å². The van der Waals surface area contributed by atoms with Crippen LogP contribution in [0, 0.1) is 5.92 Å². The Hall–Kier alpha value is -1.58. The maximum Gasteiger partial charge on any atom is 0.119 e. The van der Waals surface area contributed by atoms with Gasteiger partial charge in [-0.2, -0.15) is 0 Å². The van der Waals surface area contributed by atoms with Crippen LogP contribution in [0.5, 0.6) is 5.75 Å². The molecule has 2 atom stereocenters. The van der Waals surface area contributed by atoms with Gasteiger partial charge in [0.1, 0.15) is 5.75 Å². The molecule has 2 unspecified atom stereocenters. The number of unbranched alkanes of at least 4 members (excludes halogenated alkanes) is 2. The summed E-state index contributed by atoms with van der Waals surface area (Å²) < 4.78 is 5.76. The molecule has 0 fully saturated rings. The first-order chi connectivity index (χ1) is 13.1. The van der Waals surface area contributed by atoms with E-state index in [1.165, 1.54) is 56.1 Å². The van der Waals surface area contributed by atoms with Gasteiger partial charge in [-0.25, -0.2) is 0 Å². The monoisotopic (exact) mass is 372 g/mol. The van der Waals surface area contributed by atoms with Crippen LogP contribution in [0.4, 0.5) is 0 Å². The van der Waals surface area contributed by atoms with Crippen LogP contribution in [0.25, 0.3) is 5.57 Å². The van der Waals surface area contributed by atoms with Gasteiger partial charge in [-0.05, 0) is 66.9 Å². The lowest BCUT2D eigenvalue weighted by Gasteiger charge is -2.22. The van der Waals surface area contributed by atoms with E-state index in [1.54, 1.807) is 0 Å². The molecule has 0 saturated carbocycles. The Kier molecular flexibility index (Phi) is 9.65. The summed E-state index contributed by atoms with van der Waals surface area (Å²) in [5, 5.41) is 18.7. The van der Waals surface area contributed by atoms with Gasteiger partial charge in [-0.1, -0.05) is 57.4 Å². The van der Waals surface area contributed by atoms with Gasteiger partial charge >= 0.3 is 0 Å². The van der Waals surface area contributed by atoms with E-state index in [9.17, 15) is 5.11 Å². The summed E-state index contributed by atoms with van der Waals surface area (Å²) >= 11 is 0. The van der Waals surface area contributed by atoms with Crippen LogP contribution in [-0.2, 0) is 0 Å². The van der Waals surface area contributed by atoms with Crippen molar-refractivity contribution in [3.8, 4) is 5.75 Å². The first kappa shape index (κ1) is 21.7. The van der Waals surface area contributed by atoms with E-state index in [4.69, 9.17) is 9.84 Å². The first-order valence-corrected chi connectivity index (χ1v) is 10.5. The number of allylic oxidation sites excluding steroid dienone is 2. The summed E-state index contributed by atoms with van der Waals surface area (Å²) in [6.07, 6.45) is 12.2. The minimum atomic E-state index is -0.648. The molecule has 0 aromatic heterocycles. The van der Waals surface area contributed by atoms with Gasteiger partial charge in [-0.3, -0.25) is 0 Å². The predicted octanol–water partition coefficient (Wildman–Crippen LogP) is 5.52. The fourth-order valence-electron chi connectivity index (χ4n) is 3.64. The molecule has 150 valence electrons. The number of benzene rings is 1. The third-order valence-corrected chi connectivity index (χ3v) is 5.53. The molecule has 0 heterocycles. The number of ether oxygens (including phenoxy) is 1. The van der Waals surface area contributed by atoms with Crippen molar-refractivity contribution in [2.45, 2.75) is 70.8 Å². The van der Waals surface area contributed by atoms with Crippen LogP contribution in [0.15, 0.2) is 42.5 Å². The number of aliphatic hydroxyl groups is 2. The molecule has 0 spiro atoms. The Morgan fingerprint density at radius 3 is 2.63 bits per heavy atom. The summed E-state index contributed by atoms with van der Waals surface area (Å²) in [6.45, 7) is 6.29. The van der Waals surface area contributed by atoms with Crippen molar-refractivity contribution < 1.29 is 14.9 Å². The van der Waals surface area contributed by atoms with E-state index < -0.39 is 6.10 Å². The van der Waals surface area contributed by atoms with Gasteiger partial charge < -0.3 is 14.9 Å². The quantitative estimate of drug-likeness (QED) is 0.375. The molecule has 3 heteroatoms. The van der Waals surface area contributed by atoms with E-state index in [0.29, 0.717) is 18.6 Å². The molecule has 2 N–H and O–H groups in total. The second-order valence-electron chi connectivity index (χ2n) is 7.71. The maximum atomic E-state index is 9.75. The fraction of sp³-hybridized carbons (Fsp3) is 0.583. The lowest BCUT2D eigenvalue weighted by atomic mass is 9.84. The molecule has 0 amide bonds. The van der Waals surface area contributed by atoms with Crippen molar-refractivity contribution in [3.05, 3.63) is 48.1 Å². The molecule has 1 aliphatic rings. The molecule has 0 radical (unpaired) electrons. The normalized spacial score (nSPS) is 18.0. The summed E-state index contributed by atoms with van der Waals surface area (Å²) in [7, 11) is 0. The van der Waals surface area contributed by atoms with Crippen LogP contribution < -0.4 is 4.74 Å². The summed E-state index contributed by atoms with van der Waals surface area (Å²) in [6, 6.07) is 8.38. The lowest BCUT2D eigenvalue weighted by molar-refractivity contribution is 0.167. The molecule has 3 nitrogen and oxygen atoms in total. The fourth-order valence-corrected chi connectivity index (χ4v) is 3.64. The minimum Gasteiger partial charge on any atom is -0.494 e. The smallest absolute Gasteiger partial charge is 0.119 e. The van der Waals surface area contributed by atoms with Gasteiger partial charge in [0.15, 0.2) is 0 Å². The first-order valence-electron chi connectivity index (χ1n) is 10.5. The summed E-state index contributed by atoms with van der Waals surface area (Å²) in [4.78, 5) is 0. The predicted molar refractivity (Wildman–Crippen MR) is 113 cm³/mol. The van der Waals surface area contributed by atoms with Crippen LogP contribution in [0.3, 0.4) is 0 Å². The second kappa shape index (κ2) is 12.0. The van der Waals surface area contributed by atoms with Crippen LogP contribution >= 0.6 is 0 Å². The molecular formula is C24H36O3. The molecule has 1 aromatic carbocycles. The Morgan fingerprint density at radius 2 is 2.00 bits per heavy atom. The standard InChI is InChI=1S/C24H36O3/c1-3-4-5-7-20-9-11-21(12-10-20)22-13-15-23(16-14-22)27-17-6-8-24(26)19(2)18-25/h11,13-16,20,24-26H,2-10,12,17-18H2,1H3. The van der Waals surface area contributed by atoms with Gasteiger partial charge in [0.2, 0.25) is 0 Å². The van der Waals surface area contributed by atoms with E-state index in [2.05, 4.69) is 31.7 Å². The van der Waals surface area contributed by atoms with E-state index >= 15 is 0 Å². The molecule has 0 aliphatic heterocycles. The van der Waals surface area contributed by atoms with Gasteiger partial charge in [0.25, 0.3) is 0 Å². The zero-order chi connectivity index (χ0) is 19.5. The maximum absolute atomic E-state index is 9.75. The molecule has 0 saturated heterocycles. The molecular weight excluding hydrogens is 336 g/mol. The largest absolute Gasteiger partial charge is 0.494 e. The molecule has 1 aromatic rings. The van der Waals surface area contributed by atoms with E-state index in [0.717, 1.165) is 18.1 Å². The van der Waals surface area contributed by atoms with Gasteiger partial charge in [0.05, 0.1) is 19.3 Å². The Labute approximate surface area is 164 Å². The molecule has 1 aliphatic carbocycles. The van der Waals surface area contributed by atoms with E-state index in [1.807, 2.05) is 12.1 Å². The summed E-state index contributed by atoms with van der Waals surface area (Å²) in [5.74, 6) is 1.74. The van der Waals surface area contributed by atoms with Crippen molar-refractivity contribution in [3.63, 3.8) is 0 Å². The zero-order valence-corrected chi connectivity index (χ0v) is 16.8. The van der Waals surface area contributed by atoms with Crippen LogP contribution in [0.1, 0.15) is 70.3 Å². The Balaban J connectivity index is 1.73. The Bertz CT molecular complexity index is 588. The van der Waals surface area contributed by atoms with Crippen molar-refractivity contribution >= 4 is 5.57 Å². The van der Waals surface area contributed by atoms with E-state index in [-0.39, 0.29) is 6.61 Å². The molecule has 27 heavy (non-hydrogen) atoms. The summed E-state index contributed by atoms with van der Waals surface area (Å²) in [5.41, 5.74) is 3.25. The molecule has 2 rings (SSSR count). The third-order valence-electron chi connectivity index (χ3n) is 5.53. The average Bonchev–Trinajstić information content (AvgIpc) is 2.71. The highest BCUT2D eigenvalue weighted by Gasteiger charge is 2.15. The highest BCUT2D eigenvalue weighted by atomic mass is 16.5. The Morgan fingerprint density at radius 1 is 1.22 bits per heavy atom. The number of hydrogen-bond acceptors (Lipinski definition) is 3. The third kappa shape index (κ3) is 7.51. The number of aliphatic hydroxyl groups excluding tert-OH is 2. The number of rotatable bonds is 12. The second-order valence-corrected chi connectivity index (χ2v) is 7.71. The zero-order valence-electron chi connectivity index (χ0n) is 16.8. The highest BCUT2D eigenvalue weighted by Crippen LogP contribution is 2.33. The average molecular weight is 373 g/mol. The lowest BCUT2D eigenvalue weighted by Crippen LogP contribution is -2.13. The van der Waals surface area contributed by atoms with Crippen molar-refractivity contribution in [1.82, 2.24) is 0 Å². The van der Waals surface area contributed by atoms with Crippen molar-refractivity contribution in [1.29, 1.82) is 0 Å².